The van der Waals surface area contributed by atoms with Crippen molar-refractivity contribution in [2.45, 2.75) is 38.8 Å². The highest BCUT2D eigenvalue weighted by molar-refractivity contribution is 5.54. The molecule has 8 heteroatoms. The van der Waals surface area contributed by atoms with E-state index in [1.807, 2.05) is 19.9 Å². The number of nitrogens with zero attached hydrogens (tertiary/aromatic N) is 3. The Morgan fingerprint density at radius 2 is 2.21 bits per heavy atom. The molecule has 0 saturated heterocycles. The average Bonchev–Trinajstić information content (AvgIpc) is 2.69. The van der Waals surface area contributed by atoms with Crippen LogP contribution in [-0.4, -0.2) is 46.0 Å². The number of rotatable bonds is 7. The summed E-state index contributed by atoms with van der Waals surface area (Å²) < 4.78 is 5.12. The van der Waals surface area contributed by atoms with Crippen LogP contribution in [0.4, 0.5) is 11.8 Å². The van der Waals surface area contributed by atoms with Gasteiger partial charge in [-0.2, -0.15) is 10.2 Å². The highest BCUT2D eigenvalue weighted by atomic mass is 16.5. The average molecular weight is 385 g/mol. The second kappa shape index (κ2) is 7.90. The van der Waals surface area contributed by atoms with Gasteiger partial charge in [0.15, 0.2) is 11.5 Å². The summed E-state index contributed by atoms with van der Waals surface area (Å²) in [6, 6.07) is 7.36. The summed E-state index contributed by atoms with van der Waals surface area (Å²) in [5.41, 5.74) is 1.09. The first-order valence-electron chi connectivity index (χ1n) is 9.16. The zero-order valence-electron chi connectivity index (χ0n) is 16.2. The van der Waals surface area contributed by atoms with Crippen molar-refractivity contribution in [2.75, 3.05) is 24.3 Å². The Morgan fingerprint density at radius 1 is 1.43 bits per heavy atom. The van der Waals surface area contributed by atoms with Crippen molar-refractivity contribution in [3.05, 3.63) is 35.5 Å². The third-order valence-electron chi connectivity index (χ3n) is 5.38. The lowest BCUT2D eigenvalue weighted by Crippen LogP contribution is -2.57. The molecule has 0 spiro atoms. The largest absolute Gasteiger partial charge is 0.504 e. The van der Waals surface area contributed by atoms with Crippen molar-refractivity contribution < 1.29 is 16.4 Å². The van der Waals surface area contributed by atoms with Gasteiger partial charge in [-0.15, -0.1) is 0 Å². The van der Waals surface area contributed by atoms with Crippen LogP contribution in [0.25, 0.3) is 0 Å². The zero-order valence-corrected chi connectivity index (χ0v) is 16.2. The summed E-state index contributed by atoms with van der Waals surface area (Å²) in [7, 11) is 1.51. The topological polar surface area (TPSA) is 123 Å². The number of hydrogen-bond donors (Lipinski definition) is 4. The first-order chi connectivity index (χ1) is 13.3. The minimum Gasteiger partial charge on any atom is -0.504 e. The van der Waals surface area contributed by atoms with Crippen molar-refractivity contribution >= 4 is 11.8 Å². The molecule has 0 aliphatic heterocycles. The van der Waals surface area contributed by atoms with Crippen LogP contribution in [0.3, 0.4) is 0 Å². The van der Waals surface area contributed by atoms with E-state index < -0.39 is 0 Å². The second-order valence-corrected chi connectivity index (χ2v) is 7.52. The van der Waals surface area contributed by atoms with E-state index in [0.29, 0.717) is 42.5 Å². The van der Waals surface area contributed by atoms with Crippen LogP contribution in [-0.2, 0) is 6.42 Å². The number of phenols is 1. The van der Waals surface area contributed by atoms with Crippen molar-refractivity contribution in [3.8, 4) is 17.6 Å². The number of aromatic hydroxyl groups is 1. The lowest BCUT2D eigenvalue weighted by molar-refractivity contribution is -0.0511. The molecule has 28 heavy (non-hydrogen) atoms. The van der Waals surface area contributed by atoms with Crippen LogP contribution < -0.4 is 15.4 Å². The smallest absolute Gasteiger partial charge is 0.224 e. The number of benzene rings is 1. The number of aliphatic hydroxyl groups excluding tert-OH is 1. The number of ether oxygens (including phenoxy) is 1. The fraction of sp³-hybridized carbons (Fsp3) is 0.450. The Kier molecular flexibility index (Phi) is 5.56. The Hall–Kier alpha value is -3.05. The Bertz CT molecular complexity index is 900. The first-order valence-corrected chi connectivity index (χ1v) is 9.16. The van der Waals surface area contributed by atoms with E-state index in [1.165, 1.54) is 13.3 Å². The van der Waals surface area contributed by atoms with E-state index in [9.17, 15) is 15.5 Å². The third-order valence-corrected chi connectivity index (χ3v) is 5.38. The van der Waals surface area contributed by atoms with Gasteiger partial charge in [-0.1, -0.05) is 19.9 Å². The lowest BCUT2D eigenvalue weighted by atomic mass is 9.64. The van der Waals surface area contributed by atoms with Crippen LogP contribution in [0.2, 0.25) is 0 Å². The highest BCUT2D eigenvalue weighted by Gasteiger charge is 2.47. The number of anilines is 2. The standard InChI is InChI=1S/C20H25N5O3.H2/c1-20(2)16(9-17(20)27)24-18-13(10-21)11-23-19(25-18)22-7-6-12-4-5-14(26)15(8-12)28-3;/h4-5,8,11,16-17,26-27H,6-7,9H2,1-3H3,(H2,22,23,24,25);1H/t16-,17+;/m1./s1. The fourth-order valence-electron chi connectivity index (χ4n) is 3.17. The molecule has 4 N–H and O–H groups in total. The number of hydrogen-bond acceptors (Lipinski definition) is 8. The number of aliphatic hydroxyl groups is 1. The van der Waals surface area contributed by atoms with Crippen LogP contribution in [0, 0.1) is 16.7 Å². The number of nitriles is 1. The van der Waals surface area contributed by atoms with E-state index >= 15 is 0 Å². The minimum absolute atomic E-state index is 0. The number of nitrogens with one attached hydrogen (secondary N) is 2. The van der Waals surface area contributed by atoms with Crippen LogP contribution in [0.1, 0.15) is 32.8 Å². The van der Waals surface area contributed by atoms with Gasteiger partial charge < -0.3 is 25.6 Å². The third kappa shape index (κ3) is 3.94. The van der Waals surface area contributed by atoms with Crippen LogP contribution in [0.15, 0.2) is 24.4 Å². The molecule has 0 radical (unpaired) electrons. The molecule has 1 aromatic heterocycles. The predicted molar refractivity (Wildman–Crippen MR) is 108 cm³/mol. The molecule has 1 aliphatic rings. The molecule has 3 rings (SSSR count). The molecule has 2 atom stereocenters. The van der Waals surface area contributed by atoms with E-state index in [2.05, 4.69) is 26.7 Å². The molecule has 0 unspecified atom stereocenters. The quantitative estimate of drug-likeness (QED) is 0.573. The fourth-order valence-corrected chi connectivity index (χ4v) is 3.17. The van der Waals surface area contributed by atoms with Crippen molar-refractivity contribution in [1.29, 1.82) is 5.26 Å². The van der Waals surface area contributed by atoms with Crippen LogP contribution in [0.5, 0.6) is 11.5 Å². The summed E-state index contributed by atoms with van der Waals surface area (Å²) in [5.74, 6) is 1.43. The SMILES string of the molecule is COc1cc(CCNc2ncc(C#N)c(N[C@@H]3C[C@H](O)C3(C)C)n2)ccc1O.[HH]. The van der Waals surface area contributed by atoms with Gasteiger partial charge in [-0.25, -0.2) is 4.98 Å². The number of methoxy groups -OCH3 is 1. The van der Waals surface area contributed by atoms with Gasteiger partial charge in [-0.3, -0.25) is 0 Å². The molecule has 0 bridgehead atoms. The predicted octanol–water partition coefficient (Wildman–Crippen LogP) is 2.53. The van der Waals surface area contributed by atoms with E-state index in [0.717, 1.165) is 5.56 Å². The van der Waals surface area contributed by atoms with Gasteiger partial charge in [0.05, 0.1) is 19.4 Å². The second-order valence-electron chi connectivity index (χ2n) is 7.52. The maximum absolute atomic E-state index is 9.91. The van der Waals surface area contributed by atoms with Crippen LogP contribution >= 0.6 is 0 Å². The highest BCUT2D eigenvalue weighted by Crippen LogP contribution is 2.42. The molecule has 1 aromatic carbocycles. The molecule has 1 fully saturated rings. The molecular weight excluding hydrogens is 358 g/mol. The van der Waals surface area contributed by atoms with E-state index in [4.69, 9.17) is 4.74 Å². The first kappa shape index (κ1) is 19.7. The van der Waals surface area contributed by atoms with Gasteiger partial charge in [0.25, 0.3) is 0 Å². The number of phenolic OH excluding ortho intramolecular Hbond substituents is 1. The summed E-state index contributed by atoms with van der Waals surface area (Å²) in [6.45, 7) is 4.54. The molecule has 1 aliphatic carbocycles. The lowest BCUT2D eigenvalue weighted by Gasteiger charge is -2.49. The van der Waals surface area contributed by atoms with Gasteiger partial charge in [0, 0.05) is 19.4 Å². The summed E-state index contributed by atoms with van der Waals surface area (Å²) in [5, 5.41) is 35.3. The molecule has 8 nitrogen and oxygen atoms in total. The Morgan fingerprint density at radius 3 is 2.86 bits per heavy atom. The van der Waals surface area contributed by atoms with Crippen molar-refractivity contribution in [1.82, 2.24) is 9.97 Å². The summed E-state index contributed by atoms with van der Waals surface area (Å²) in [6.07, 6.45) is 2.43. The van der Waals surface area contributed by atoms with E-state index in [-0.39, 0.29) is 24.7 Å². The van der Waals surface area contributed by atoms with Crippen molar-refractivity contribution in [2.24, 2.45) is 5.41 Å². The molecule has 0 amide bonds. The molecule has 150 valence electrons. The maximum Gasteiger partial charge on any atom is 0.224 e. The molecule has 1 heterocycles. The van der Waals surface area contributed by atoms with Gasteiger partial charge in [0.1, 0.15) is 17.5 Å². The molecular formula is C20H27N5O3. The van der Waals surface area contributed by atoms with Gasteiger partial charge in [-0.05, 0) is 30.5 Å². The Labute approximate surface area is 165 Å². The molecule has 1 saturated carbocycles. The monoisotopic (exact) mass is 385 g/mol. The van der Waals surface area contributed by atoms with Gasteiger partial charge in [0.2, 0.25) is 5.95 Å². The van der Waals surface area contributed by atoms with Gasteiger partial charge >= 0.3 is 0 Å². The maximum atomic E-state index is 9.91. The Balaban J connectivity index is 0.00000300. The molecule has 2 aromatic rings. The number of aromatic nitrogens is 2. The summed E-state index contributed by atoms with van der Waals surface area (Å²) in [4.78, 5) is 8.63. The van der Waals surface area contributed by atoms with Crippen molar-refractivity contribution in [3.63, 3.8) is 0 Å². The zero-order chi connectivity index (χ0) is 20.3. The van der Waals surface area contributed by atoms with E-state index in [1.54, 1.807) is 12.1 Å². The normalized spacial score (nSPS) is 20.0. The summed E-state index contributed by atoms with van der Waals surface area (Å²) >= 11 is 0. The minimum atomic E-state index is -0.364.